The smallest absolute Gasteiger partial charge is 0.177 e. The Morgan fingerprint density at radius 1 is 1.05 bits per heavy atom. The van der Waals surface area contributed by atoms with Gasteiger partial charge >= 0.3 is 0 Å². The number of nitrogens with two attached hydrogens (primary N) is 1. The van der Waals surface area contributed by atoms with Gasteiger partial charge in [0.1, 0.15) is 0 Å². The number of para-hydroxylation sites is 1. The molecule has 0 aliphatic heterocycles. The van der Waals surface area contributed by atoms with Crippen LogP contribution < -0.4 is 5.73 Å². The standard InChI is InChI=1S/C15H17NO2S2/c1-10-7-8-12(9-11(10)2)19-13-5-4-6-14(15(13)16)20(3,17)18/h4-9H,16H2,1-3H3. The van der Waals surface area contributed by atoms with Crippen LogP contribution in [-0.4, -0.2) is 14.7 Å². The van der Waals surface area contributed by atoms with E-state index in [1.54, 1.807) is 6.07 Å². The Morgan fingerprint density at radius 3 is 2.35 bits per heavy atom. The van der Waals surface area contributed by atoms with E-state index in [-0.39, 0.29) is 4.90 Å². The van der Waals surface area contributed by atoms with Gasteiger partial charge in [-0.25, -0.2) is 8.42 Å². The molecule has 0 fully saturated rings. The van der Waals surface area contributed by atoms with Crippen LogP contribution in [0.4, 0.5) is 5.69 Å². The third-order valence-electron chi connectivity index (χ3n) is 3.13. The molecule has 0 saturated heterocycles. The minimum Gasteiger partial charge on any atom is -0.397 e. The van der Waals surface area contributed by atoms with Gasteiger partial charge in [0.15, 0.2) is 9.84 Å². The van der Waals surface area contributed by atoms with Gasteiger partial charge in [-0.3, -0.25) is 0 Å². The number of nitrogen functional groups attached to an aromatic ring is 1. The van der Waals surface area contributed by atoms with E-state index in [1.165, 1.54) is 35.2 Å². The zero-order chi connectivity index (χ0) is 14.9. The molecule has 0 atom stereocenters. The number of sulfone groups is 1. The van der Waals surface area contributed by atoms with E-state index >= 15 is 0 Å². The SMILES string of the molecule is Cc1ccc(Sc2cccc(S(C)(=O)=O)c2N)cc1C. The lowest BCUT2D eigenvalue weighted by Crippen LogP contribution is -2.03. The van der Waals surface area contributed by atoms with Gasteiger partial charge in [0.05, 0.1) is 10.6 Å². The second-order valence-corrected chi connectivity index (χ2v) is 7.89. The quantitative estimate of drug-likeness (QED) is 0.882. The highest BCUT2D eigenvalue weighted by molar-refractivity contribution is 7.99. The van der Waals surface area contributed by atoms with Crippen molar-refractivity contribution in [2.24, 2.45) is 0 Å². The van der Waals surface area contributed by atoms with Crippen LogP contribution in [0.5, 0.6) is 0 Å². The third kappa shape index (κ3) is 3.16. The average molecular weight is 307 g/mol. The Morgan fingerprint density at radius 2 is 1.75 bits per heavy atom. The first-order chi connectivity index (χ1) is 9.29. The summed E-state index contributed by atoms with van der Waals surface area (Å²) in [6.45, 7) is 4.11. The minimum absolute atomic E-state index is 0.186. The molecule has 0 heterocycles. The highest BCUT2D eigenvalue weighted by Crippen LogP contribution is 2.35. The molecule has 5 heteroatoms. The van der Waals surface area contributed by atoms with Gasteiger partial charge in [-0.2, -0.15) is 0 Å². The van der Waals surface area contributed by atoms with Crippen molar-refractivity contribution in [3.8, 4) is 0 Å². The molecule has 0 bridgehead atoms. The van der Waals surface area contributed by atoms with Crippen LogP contribution in [0.2, 0.25) is 0 Å². The topological polar surface area (TPSA) is 60.2 Å². The first-order valence-electron chi connectivity index (χ1n) is 6.12. The number of aryl methyl sites for hydroxylation is 2. The second kappa shape index (κ2) is 5.50. The van der Waals surface area contributed by atoms with E-state index in [2.05, 4.69) is 19.9 Å². The lowest BCUT2D eigenvalue weighted by molar-refractivity contribution is 0.602. The van der Waals surface area contributed by atoms with E-state index < -0.39 is 9.84 Å². The highest BCUT2D eigenvalue weighted by atomic mass is 32.2. The fraction of sp³-hybridized carbons (Fsp3) is 0.200. The molecule has 0 aliphatic carbocycles. The molecule has 2 rings (SSSR count). The van der Waals surface area contributed by atoms with Crippen LogP contribution in [0.15, 0.2) is 51.1 Å². The maximum Gasteiger partial charge on any atom is 0.177 e. The Balaban J connectivity index is 2.42. The van der Waals surface area contributed by atoms with Crippen LogP contribution in [0.1, 0.15) is 11.1 Å². The van der Waals surface area contributed by atoms with E-state index in [9.17, 15) is 8.42 Å². The molecule has 0 aromatic heterocycles. The van der Waals surface area contributed by atoms with Crippen molar-refractivity contribution in [3.05, 3.63) is 47.5 Å². The molecule has 0 spiro atoms. The Labute approximate surface area is 124 Å². The molecule has 3 nitrogen and oxygen atoms in total. The Hall–Kier alpha value is -1.46. The minimum atomic E-state index is -3.30. The lowest BCUT2D eigenvalue weighted by atomic mass is 10.1. The molecular weight excluding hydrogens is 290 g/mol. The molecule has 106 valence electrons. The summed E-state index contributed by atoms with van der Waals surface area (Å²) in [5.74, 6) is 0. The van der Waals surface area contributed by atoms with Crippen LogP contribution in [0, 0.1) is 13.8 Å². The van der Waals surface area contributed by atoms with E-state index in [4.69, 9.17) is 5.73 Å². The summed E-state index contributed by atoms with van der Waals surface area (Å²) in [6.07, 6.45) is 1.17. The van der Waals surface area contributed by atoms with Crippen molar-refractivity contribution in [1.29, 1.82) is 0 Å². The van der Waals surface area contributed by atoms with E-state index in [0.717, 1.165) is 9.79 Å². The largest absolute Gasteiger partial charge is 0.397 e. The molecular formula is C15H17NO2S2. The Bertz CT molecular complexity index is 752. The maximum absolute atomic E-state index is 11.7. The predicted molar refractivity (Wildman–Crippen MR) is 84.0 cm³/mol. The van der Waals surface area contributed by atoms with Crippen LogP contribution in [0.3, 0.4) is 0 Å². The van der Waals surface area contributed by atoms with Gasteiger partial charge in [0, 0.05) is 16.0 Å². The number of benzene rings is 2. The molecule has 0 saturated carbocycles. The molecule has 0 amide bonds. The summed E-state index contributed by atoms with van der Waals surface area (Å²) in [4.78, 5) is 1.99. The number of hydrogen-bond acceptors (Lipinski definition) is 4. The molecule has 0 unspecified atom stereocenters. The summed E-state index contributed by atoms with van der Waals surface area (Å²) < 4.78 is 23.3. The fourth-order valence-electron chi connectivity index (χ4n) is 1.84. The van der Waals surface area contributed by atoms with E-state index in [1.807, 2.05) is 18.2 Å². The van der Waals surface area contributed by atoms with Crippen LogP contribution in [-0.2, 0) is 9.84 Å². The zero-order valence-electron chi connectivity index (χ0n) is 11.7. The molecule has 2 N–H and O–H groups in total. The number of anilines is 1. The van der Waals surface area contributed by atoms with Gasteiger partial charge in [-0.05, 0) is 49.2 Å². The van der Waals surface area contributed by atoms with Crippen molar-refractivity contribution in [2.45, 2.75) is 28.5 Å². The van der Waals surface area contributed by atoms with Crippen LogP contribution >= 0.6 is 11.8 Å². The monoisotopic (exact) mass is 307 g/mol. The van der Waals surface area contributed by atoms with Gasteiger partial charge in [-0.1, -0.05) is 23.9 Å². The summed E-state index contributed by atoms with van der Waals surface area (Å²) >= 11 is 1.48. The van der Waals surface area contributed by atoms with Crippen LogP contribution in [0.25, 0.3) is 0 Å². The summed E-state index contributed by atoms with van der Waals surface area (Å²) in [5.41, 5.74) is 8.73. The Kier molecular flexibility index (Phi) is 4.11. The normalized spacial score (nSPS) is 11.6. The fourth-order valence-corrected chi connectivity index (χ4v) is 3.73. The van der Waals surface area contributed by atoms with Crippen molar-refractivity contribution in [2.75, 3.05) is 12.0 Å². The van der Waals surface area contributed by atoms with Crippen molar-refractivity contribution in [1.82, 2.24) is 0 Å². The van der Waals surface area contributed by atoms with E-state index in [0.29, 0.717) is 5.69 Å². The lowest BCUT2D eigenvalue weighted by Gasteiger charge is -2.10. The van der Waals surface area contributed by atoms with Gasteiger partial charge in [0.25, 0.3) is 0 Å². The number of hydrogen-bond donors (Lipinski definition) is 1. The maximum atomic E-state index is 11.7. The highest BCUT2D eigenvalue weighted by Gasteiger charge is 2.14. The molecule has 2 aromatic rings. The number of rotatable bonds is 3. The van der Waals surface area contributed by atoms with Gasteiger partial charge < -0.3 is 5.73 Å². The summed E-state index contributed by atoms with van der Waals surface area (Å²) in [6, 6.07) is 11.2. The van der Waals surface area contributed by atoms with Crippen molar-refractivity contribution in [3.63, 3.8) is 0 Å². The first kappa shape index (κ1) is 14.9. The summed E-state index contributed by atoms with van der Waals surface area (Å²) in [5, 5.41) is 0. The van der Waals surface area contributed by atoms with Gasteiger partial charge in [0.2, 0.25) is 0 Å². The molecule has 2 aromatic carbocycles. The predicted octanol–water partition coefficient (Wildman–Crippen LogP) is 3.44. The van der Waals surface area contributed by atoms with Crippen molar-refractivity contribution < 1.29 is 8.42 Å². The second-order valence-electron chi connectivity index (χ2n) is 4.79. The van der Waals surface area contributed by atoms with Crippen molar-refractivity contribution >= 4 is 27.3 Å². The molecule has 20 heavy (non-hydrogen) atoms. The average Bonchev–Trinajstić information content (AvgIpc) is 2.35. The summed E-state index contributed by atoms with van der Waals surface area (Å²) in [7, 11) is -3.30. The molecule has 0 radical (unpaired) electrons. The van der Waals surface area contributed by atoms with Gasteiger partial charge in [-0.15, -0.1) is 0 Å². The first-order valence-corrected chi connectivity index (χ1v) is 8.83. The zero-order valence-corrected chi connectivity index (χ0v) is 13.3. The third-order valence-corrected chi connectivity index (χ3v) is 5.35. The molecule has 0 aliphatic rings.